The van der Waals surface area contributed by atoms with Crippen LogP contribution in [-0.2, 0) is 19.5 Å². The van der Waals surface area contributed by atoms with E-state index < -0.39 is 20.5 Å². The maximum absolute atomic E-state index is 12.8. The smallest absolute Gasteiger partial charge is 0.370 e. The molecule has 0 aliphatic heterocycles. The number of rotatable bonds is 7. The van der Waals surface area contributed by atoms with Crippen molar-refractivity contribution in [2.45, 2.75) is 26.9 Å². The van der Waals surface area contributed by atoms with Gasteiger partial charge < -0.3 is 13.3 Å². The molecule has 7 heteroatoms. The van der Waals surface area contributed by atoms with E-state index in [0.29, 0.717) is 25.0 Å². The summed E-state index contributed by atoms with van der Waals surface area (Å²) < 4.78 is 55.2. The van der Waals surface area contributed by atoms with Gasteiger partial charge in [0.25, 0.3) is 0 Å². The average molecular weight is 308 g/mol. The Hall–Kier alpha value is -0.893. The van der Waals surface area contributed by atoms with Crippen molar-refractivity contribution in [3.05, 3.63) is 29.8 Å². The molecular weight excluding hydrogens is 289 g/mol. The first-order valence-corrected chi connectivity index (χ1v) is 8.21. The standard InChI is InChI=1S/C13H19F3O3Si/c1-4-17-20(18-5-2,19-6-3)12-9-7-8-11(10-12)13(14,15)16/h7-10H,4-6H2,1-3H3. The van der Waals surface area contributed by atoms with Gasteiger partial charge in [-0.15, -0.1) is 0 Å². The zero-order chi connectivity index (χ0) is 15.2. The molecule has 0 bridgehead atoms. The van der Waals surface area contributed by atoms with E-state index in [2.05, 4.69) is 0 Å². The summed E-state index contributed by atoms with van der Waals surface area (Å²) in [7, 11) is -3.28. The van der Waals surface area contributed by atoms with Gasteiger partial charge in [0.2, 0.25) is 0 Å². The highest BCUT2D eigenvalue weighted by molar-refractivity contribution is 6.75. The fourth-order valence-electron chi connectivity index (χ4n) is 1.83. The summed E-state index contributed by atoms with van der Waals surface area (Å²) >= 11 is 0. The van der Waals surface area contributed by atoms with E-state index in [0.717, 1.165) is 12.1 Å². The van der Waals surface area contributed by atoms with E-state index in [1.54, 1.807) is 26.8 Å². The van der Waals surface area contributed by atoms with Gasteiger partial charge in [-0.3, -0.25) is 0 Å². The first-order chi connectivity index (χ1) is 9.39. The second-order valence-electron chi connectivity index (χ2n) is 3.93. The lowest BCUT2D eigenvalue weighted by atomic mass is 10.2. The van der Waals surface area contributed by atoms with Crippen LogP contribution in [0.2, 0.25) is 0 Å². The summed E-state index contributed by atoms with van der Waals surface area (Å²) in [5, 5.41) is 0.331. The highest BCUT2D eigenvalue weighted by Crippen LogP contribution is 2.28. The van der Waals surface area contributed by atoms with Crippen molar-refractivity contribution in [3.63, 3.8) is 0 Å². The molecule has 3 nitrogen and oxygen atoms in total. The number of alkyl halides is 3. The van der Waals surface area contributed by atoms with Crippen LogP contribution in [0.1, 0.15) is 26.3 Å². The molecule has 0 heterocycles. The van der Waals surface area contributed by atoms with Crippen molar-refractivity contribution in [1.29, 1.82) is 0 Å². The number of hydrogen-bond donors (Lipinski definition) is 0. The summed E-state index contributed by atoms with van der Waals surface area (Å²) in [5.74, 6) is 0. The molecule has 0 saturated heterocycles. The summed E-state index contributed by atoms with van der Waals surface area (Å²) in [5.41, 5.74) is -0.731. The van der Waals surface area contributed by atoms with E-state index in [-0.39, 0.29) is 0 Å². The van der Waals surface area contributed by atoms with Crippen LogP contribution < -0.4 is 5.19 Å². The lowest BCUT2D eigenvalue weighted by Crippen LogP contribution is -2.57. The largest absolute Gasteiger partial charge is 0.537 e. The molecule has 1 aromatic carbocycles. The highest BCUT2D eigenvalue weighted by Gasteiger charge is 2.44. The Morgan fingerprint density at radius 3 is 1.85 bits per heavy atom. The van der Waals surface area contributed by atoms with Gasteiger partial charge in [0.05, 0.1) is 5.56 Å². The molecule has 0 unspecified atom stereocenters. The van der Waals surface area contributed by atoms with Gasteiger partial charge in [-0.25, -0.2) is 0 Å². The molecule has 1 rings (SSSR count). The topological polar surface area (TPSA) is 27.7 Å². The van der Waals surface area contributed by atoms with Crippen LogP contribution in [0.5, 0.6) is 0 Å². The fourth-order valence-corrected chi connectivity index (χ4v) is 4.35. The molecule has 0 N–H and O–H groups in total. The minimum absolute atomic E-state index is 0.308. The Bertz CT molecular complexity index is 407. The zero-order valence-electron chi connectivity index (χ0n) is 11.8. The monoisotopic (exact) mass is 308 g/mol. The molecule has 0 atom stereocenters. The number of halogens is 3. The van der Waals surface area contributed by atoms with E-state index in [9.17, 15) is 13.2 Å². The SMILES string of the molecule is CCO[Si](OCC)(OCC)c1cccc(C(F)(F)F)c1. The Morgan fingerprint density at radius 1 is 0.950 bits per heavy atom. The minimum Gasteiger partial charge on any atom is -0.370 e. The first kappa shape index (κ1) is 17.2. The molecule has 0 saturated carbocycles. The van der Waals surface area contributed by atoms with Crippen LogP contribution >= 0.6 is 0 Å². The normalized spacial score (nSPS) is 12.7. The maximum atomic E-state index is 12.8. The first-order valence-electron chi connectivity index (χ1n) is 6.49. The van der Waals surface area contributed by atoms with Crippen LogP contribution in [0.25, 0.3) is 0 Å². The van der Waals surface area contributed by atoms with Gasteiger partial charge in [-0.05, 0) is 26.8 Å². The van der Waals surface area contributed by atoms with Crippen molar-refractivity contribution in [3.8, 4) is 0 Å². The van der Waals surface area contributed by atoms with E-state index >= 15 is 0 Å². The minimum atomic E-state index is -4.40. The third kappa shape index (κ3) is 4.05. The molecule has 0 fully saturated rings. The average Bonchev–Trinajstić information content (AvgIpc) is 2.39. The molecule has 0 aromatic heterocycles. The Balaban J connectivity index is 3.25. The molecule has 0 aliphatic rings. The summed E-state index contributed by atoms with van der Waals surface area (Å²) in [6.07, 6.45) is -4.40. The van der Waals surface area contributed by atoms with Crippen molar-refractivity contribution in [2.75, 3.05) is 19.8 Å². The van der Waals surface area contributed by atoms with E-state index in [4.69, 9.17) is 13.3 Å². The van der Waals surface area contributed by atoms with Crippen LogP contribution in [0.15, 0.2) is 24.3 Å². The molecule has 20 heavy (non-hydrogen) atoms. The van der Waals surface area contributed by atoms with Crippen molar-refractivity contribution >= 4 is 14.0 Å². The van der Waals surface area contributed by atoms with Crippen molar-refractivity contribution in [2.24, 2.45) is 0 Å². The number of hydrogen-bond acceptors (Lipinski definition) is 3. The molecule has 0 radical (unpaired) electrons. The lowest BCUT2D eigenvalue weighted by Gasteiger charge is -2.29. The second kappa shape index (κ2) is 7.21. The van der Waals surface area contributed by atoms with Crippen LogP contribution in [0.3, 0.4) is 0 Å². The lowest BCUT2D eigenvalue weighted by molar-refractivity contribution is -0.137. The van der Waals surface area contributed by atoms with Gasteiger partial charge in [0.1, 0.15) is 0 Å². The zero-order valence-corrected chi connectivity index (χ0v) is 12.8. The summed E-state index contributed by atoms with van der Waals surface area (Å²) in [6, 6.07) is 4.97. The molecule has 1 aromatic rings. The quantitative estimate of drug-likeness (QED) is 0.725. The molecule has 0 spiro atoms. The van der Waals surface area contributed by atoms with Gasteiger partial charge in [0, 0.05) is 25.0 Å². The Kier molecular flexibility index (Phi) is 6.19. The van der Waals surface area contributed by atoms with Gasteiger partial charge in [-0.2, -0.15) is 13.2 Å². The van der Waals surface area contributed by atoms with Crippen LogP contribution in [-0.4, -0.2) is 28.6 Å². The summed E-state index contributed by atoms with van der Waals surface area (Å²) in [4.78, 5) is 0. The van der Waals surface area contributed by atoms with E-state index in [1.807, 2.05) is 0 Å². The third-order valence-electron chi connectivity index (χ3n) is 2.55. The fraction of sp³-hybridized carbons (Fsp3) is 0.538. The Morgan fingerprint density at radius 2 is 1.45 bits per heavy atom. The van der Waals surface area contributed by atoms with Gasteiger partial charge >= 0.3 is 15.0 Å². The maximum Gasteiger partial charge on any atom is 0.537 e. The predicted octanol–water partition coefficient (Wildman–Crippen LogP) is 2.96. The third-order valence-corrected chi connectivity index (χ3v) is 5.57. The molecule has 0 aliphatic carbocycles. The van der Waals surface area contributed by atoms with Gasteiger partial charge in [-0.1, -0.05) is 18.2 Å². The van der Waals surface area contributed by atoms with Crippen LogP contribution in [0, 0.1) is 0 Å². The van der Waals surface area contributed by atoms with E-state index in [1.165, 1.54) is 6.07 Å². The molecular formula is C13H19F3O3Si. The summed E-state index contributed by atoms with van der Waals surface area (Å²) in [6.45, 7) is 6.20. The van der Waals surface area contributed by atoms with Crippen molar-refractivity contribution in [1.82, 2.24) is 0 Å². The highest BCUT2D eigenvalue weighted by atomic mass is 28.4. The molecule has 0 amide bonds. The Labute approximate surface area is 118 Å². The van der Waals surface area contributed by atoms with Gasteiger partial charge in [0.15, 0.2) is 0 Å². The second-order valence-corrected chi connectivity index (χ2v) is 6.49. The molecule has 114 valence electrons. The van der Waals surface area contributed by atoms with Crippen LogP contribution in [0.4, 0.5) is 13.2 Å². The predicted molar refractivity (Wildman–Crippen MR) is 71.7 cm³/mol. The van der Waals surface area contributed by atoms with Crippen molar-refractivity contribution < 1.29 is 26.4 Å². The number of benzene rings is 1.